The number of rotatable bonds is 2. The van der Waals surface area contributed by atoms with Gasteiger partial charge in [-0.05, 0) is 13.8 Å². The Bertz CT molecular complexity index is 127. The van der Waals surface area contributed by atoms with Gasteiger partial charge in [0.15, 0.2) is 0 Å². The fourth-order valence-electron chi connectivity index (χ4n) is 0.390. The van der Waals surface area contributed by atoms with E-state index in [1.807, 2.05) is 0 Å². The Morgan fingerprint density at radius 2 is 1.91 bits per heavy atom. The van der Waals surface area contributed by atoms with Crippen molar-refractivity contribution in [3.63, 3.8) is 0 Å². The van der Waals surface area contributed by atoms with Crippen LogP contribution in [-0.4, -0.2) is 28.2 Å². The molecule has 0 heterocycles. The van der Waals surface area contributed by atoms with Crippen LogP contribution in [0.2, 0.25) is 0 Å². The van der Waals surface area contributed by atoms with Crippen LogP contribution in [-0.2, 0) is 9.59 Å². The van der Waals surface area contributed by atoms with E-state index in [4.69, 9.17) is 20.7 Å². The normalized spacial score (nSPS) is 9.36. The molecule has 0 atom stereocenters. The highest BCUT2D eigenvalue weighted by Gasteiger charge is 2.14. The van der Waals surface area contributed by atoms with E-state index >= 15 is 0 Å². The predicted molar refractivity (Wildman–Crippen MR) is 39.2 cm³/mol. The van der Waals surface area contributed by atoms with Gasteiger partial charge in [0.25, 0.3) is 6.47 Å². The number of carboxylic acid groups (broad SMARTS) is 2. The van der Waals surface area contributed by atoms with Crippen LogP contribution in [0.15, 0.2) is 0 Å². The molecule has 0 aliphatic heterocycles. The zero-order valence-corrected chi connectivity index (χ0v) is 6.57. The van der Waals surface area contributed by atoms with Crippen molar-refractivity contribution in [2.75, 3.05) is 0 Å². The lowest BCUT2D eigenvalue weighted by Gasteiger charge is -2.13. The summed E-state index contributed by atoms with van der Waals surface area (Å²) >= 11 is 0. The maximum absolute atomic E-state index is 9.93. The van der Waals surface area contributed by atoms with Crippen molar-refractivity contribution < 1.29 is 19.8 Å². The lowest BCUT2D eigenvalue weighted by atomic mass is 10.0. The number of carbonyl (C=O) groups is 2. The summed E-state index contributed by atoms with van der Waals surface area (Å²) < 4.78 is 0. The molecular weight excluding hydrogens is 150 g/mol. The topological polar surface area (TPSA) is 101 Å². The van der Waals surface area contributed by atoms with Gasteiger partial charge in [0, 0.05) is 5.54 Å². The molecule has 0 fully saturated rings. The fraction of sp³-hybridized carbons (Fsp3) is 0.667. The van der Waals surface area contributed by atoms with Gasteiger partial charge in [-0.25, -0.2) is 0 Å². The van der Waals surface area contributed by atoms with Crippen LogP contribution in [0.5, 0.6) is 0 Å². The molecule has 5 heteroatoms. The van der Waals surface area contributed by atoms with Crippen LogP contribution in [0.25, 0.3) is 0 Å². The molecule has 66 valence electrons. The van der Waals surface area contributed by atoms with Gasteiger partial charge in [-0.3, -0.25) is 9.59 Å². The van der Waals surface area contributed by atoms with Gasteiger partial charge < -0.3 is 15.9 Å². The van der Waals surface area contributed by atoms with Crippen LogP contribution in [0.4, 0.5) is 0 Å². The average molecular weight is 163 g/mol. The Balaban J connectivity index is 0. The predicted octanol–water partition coefficient (Wildman–Crippen LogP) is -0.101. The van der Waals surface area contributed by atoms with Crippen molar-refractivity contribution >= 4 is 12.4 Å². The first-order valence-corrected chi connectivity index (χ1v) is 2.92. The maximum atomic E-state index is 9.93. The van der Waals surface area contributed by atoms with Gasteiger partial charge in [0.1, 0.15) is 0 Å². The molecule has 0 aliphatic carbocycles. The van der Waals surface area contributed by atoms with Crippen LogP contribution < -0.4 is 5.73 Å². The smallest absolute Gasteiger partial charge is 0.305 e. The van der Waals surface area contributed by atoms with Crippen molar-refractivity contribution in [1.29, 1.82) is 0 Å². The van der Waals surface area contributed by atoms with Crippen LogP contribution in [0.3, 0.4) is 0 Å². The largest absolute Gasteiger partial charge is 0.483 e. The number of nitrogens with two attached hydrogens (primary N) is 1. The third-order valence-corrected chi connectivity index (χ3v) is 0.607. The second kappa shape index (κ2) is 5.67. The van der Waals surface area contributed by atoms with Crippen molar-refractivity contribution in [1.82, 2.24) is 0 Å². The summed E-state index contributed by atoms with van der Waals surface area (Å²) in [6, 6.07) is 0. The Labute approximate surface area is 64.8 Å². The molecule has 11 heavy (non-hydrogen) atoms. The minimum Gasteiger partial charge on any atom is -0.483 e. The van der Waals surface area contributed by atoms with Crippen molar-refractivity contribution in [3.05, 3.63) is 0 Å². The van der Waals surface area contributed by atoms with E-state index in [9.17, 15) is 4.79 Å². The molecule has 0 aliphatic rings. The molecular formula is C6H13NO4. The molecule has 0 rings (SSSR count). The minimum atomic E-state index is -0.850. The first-order valence-electron chi connectivity index (χ1n) is 2.92. The van der Waals surface area contributed by atoms with E-state index in [1.54, 1.807) is 13.8 Å². The highest BCUT2D eigenvalue weighted by Crippen LogP contribution is 2.01. The highest BCUT2D eigenvalue weighted by atomic mass is 16.4. The molecule has 0 bridgehead atoms. The molecule has 5 nitrogen and oxygen atoms in total. The monoisotopic (exact) mass is 163 g/mol. The SMILES string of the molecule is CC(C)(N)CC(=O)O.O=CO. The molecule has 0 aromatic heterocycles. The second-order valence-electron chi connectivity index (χ2n) is 2.66. The first-order chi connectivity index (χ1) is 4.83. The summed E-state index contributed by atoms with van der Waals surface area (Å²) in [6.45, 7) is 3.11. The van der Waals surface area contributed by atoms with E-state index in [1.165, 1.54) is 0 Å². The zero-order valence-electron chi connectivity index (χ0n) is 6.57. The molecule has 0 saturated heterocycles. The van der Waals surface area contributed by atoms with Crippen molar-refractivity contribution in [3.8, 4) is 0 Å². The Kier molecular flexibility index (Phi) is 6.47. The molecule has 0 radical (unpaired) electrons. The second-order valence-corrected chi connectivity index (χ2v) is 2.66. The number of hydrogen-bond donors (Lipinski definition) is 3. The van der Waals surface area contributed by atoms with Gasteiger partial charge >= 0.3 is 5.97 Å². The average Bonchev–Trinajstić information content (AvgIpc) is 1.57. The van der Waals surface area contributed by atoms with Gasteiger partial charge in [-0.1, -0.05) is 0 Å². The van der Waals surface area contributed by atoms with E-state index in [0.29, 0.717) is 0 Å². The van der Waals surface area contributed by atoms with Gasteiger partial charge in [-0.15, -0.1) is 0 Å². The lowest BCUT2D eigenvalue weighted by Crippen LogP contribution is -2.34. The van der Waals surface area contributed by atoms with Gasteiger partial charge in [0.05, 0.1) is 6.42 Å². The molecule has 0 spiro atoms. The van der Waals surface area contributed by atoms with Crippen LogP contribution >= 0.6 is 0 Å². The van der Waals surface area contributed by atoms with E-state index in [2.05, 4.69) is 0 Å². The summed E-state index contributed by atoms with van der Waals surface area (Å²) in [6.07, 6.45) is 0.0208. The third-order valence-electron chi connectivity index (χ3n) is 0.607. The third kappa shape index (κ3) is 27.9. The van der Waals surface area contributed by atoms with Crippen LogP contribution in [0.1, 0.15) is 20.3 Å². The van der Waals surface area contributed by atoms with E-state index in [-0.39, 0.29) is 12.9 Å². The maximum Gasteiger partial charge on any atom is 0.305 e. The van der Waals surface area contributed by atoms with Crippen molar-refractivity contribution in [2.45, 2.75) is 25.8 Å². The number of carboxylic acids is 1. The molecule has 0 saturated carbocycles. The molecule has 0 aromatic carbocycles. The summed E-state index contributed by atoms with van der Waals surface area (Å²) in [5.41, 5.74) is 4.78. The fourth-order valence-corrected chi connectivity index (χ4v) is 0.390. The summed E-state index contributed by atoms with van der Waals surface area (Å²) in [5.74, 6) is -0.850. The molecule has 4 N–H and O–H groups in total. The Hall–Kier alpha value is -1.10. The standard InChI is InChI=1S/C5H11NO2.CH2O2/c1-5(2,6)3-4(7)8;2-1-3/h3,6H2,1-2H3,(H,7,8);1H,(H,2,3). The highest BCUT2D eigenvalue weighted by molar-refractivity contribution is 5.68. The number of aliphatic carboxylic acids is 1. The lowest BCUT2D eigenvalue weighted by molar-refractivity contribution is -0.138. The Morgan fingerprint density at radius 1 is 1.64 bits per heavy atom. The summed E-state index contributed by atoms with van der Waals surface area (Å²) in [7, 11) is 0. The Morgan fingerprint density at radius 3 is 1.91 bits per heavy atom. The molecule has 0 amide bonds. The molecule has 0 unspecified atom stereocenters. The summed E-state index contributed by atoms with van der Waals surface area (Å²) in [4.78, 5) is 18.3. The zero-order chi connectivity index (χ0) is 9.49. The minimum absolute atomic E-state index is 0.0208. The van der Waals surface area contributed by atoms with E-state index in [0.717, 1.165) is 0 Å². The summed E-state index contributed by atoms with van der Waals surface area (Å²) in [5, 5.41) is 15.1. The number of hydrogen-bond acceptors (Lipinski definition) is 3. The van der Waals surface area contributed by atoms with Crippen LogP contribution in [0, 0.1) is 0 Å². The van der Waals surface area contributed by atoms with Gasteiger partial charge in [-0.2, -0.15) is 0 Å². The molecule has 0 aromatic rings. The quantitative estimate of drug-likeness (QED) is 0.493. The van der Waals surface area contributed by atoms with Crippen molar-refractivity contribution in [2.24, 2.45) is 5.73 Å². The first kappa shape index (κ1) is 12.6. The van der Waals surface area contributed by atoms with Gasteiger partial charge in [0.2, 0.25) is 0 Å². The van der Waals surface area contributed by atoms with E-state index < -0.39 is 11.5 Å².